The molecule has 4 nitrogen and oxygen atoms in total. The third kappa shape index (κ3) is 2.36. The van der Waals surface area contributed by atoms with Crippen molar-refractivity contribution in [3.05, 3.63) is 48.1 Å². The number of aliphatic imine (C=N–C) groups is 1. The molecule has 0 atom stereocenters. The van der Waals surface area contributed by atoms with Gasteiger partial charge in [-0.25, -0.2) is 9.38 Å². The van der Waals surface area contributed by atoms with Crippen molar-refractivity contribution in [2.24, 2.45) is 4.99 Å². The lowest BCUT2D eigenvalue weighted by Gasteiger charge is -2.34. The molecule has 1 aromatic carbocycles. The number of hydrogen-bond acceptors (Lipinski definition) is 3. The maximum atomic E-state index is 13.3. The van der Waals surface area contributed by atoms with E-state index in [0.717, 1.165) is 49.3 Å². The highest BCUT2D eigenvalue weighted by molar-refractivity contribution is 5.84. The van der Waals surface area contributed by atoms with Crippen LogP contribution in [0.25, 0.3) is 10.9 Å². The van der Waals surface area contributed by atoms with Crippen LogP contribution in [0, 0.1) is 5.82 Å². The van der Waals surface area contributed by atoms with Gasteiger partial charge in [0.2, 0.25) is 0 Å². The summed E-state index contributed by atoms with van der Waals surface area (Å²) in [6, 6.07) is 5.00. The lowest BCUT2D eigenvalue weighted by molar-refractivity contribution is 0.306. The van der Waals surface area contributed by atoms with Crippen molar-refractivity contribution >= 4 is 16.9 Å². The number of piperidine rings is 1. The molecule has 1 fully saturated rings. The van der Waals surface area contributed by atoms with E-state index >= 15 is 0 Å². The van der Waals surface area contributed by atoms with Gasteiger partial charge in [-0.15, -0.1) is 0 Å². The summed E-state index contributed by atoms with van der Waals surface area (Å²) in [6.45, 7) is 2.85. The van der Waals surface area contributed by atoms with Crippen LogP contribution in [0.4, 0.5) is 4.39 Å². The van der Waals surface area contributed by atoms with E-state index in [1.165, 1.54) is 5.56 Å². The number of benzene rings is 1. The van der Waals surface area contributed by atoms with Gasteiger partial charge in [-0.1, -0.05) is 0 Å². The Morgan fingerprint density at radius 1 is 1.23 bits per heavy atom. The summed E-state index contributed by atoms with van der Waals surface area (Å²) in [5.41, 5.74) is 2.20. The smallest absolute Gasteiger partial charge is 0.198 e. The van der Waals surface area contributed by atoms with E-state index in [1.807, 2.05) is 24.5 Å². The summed E-state index contributed by atoms with van der Waals surface area (Å²) < 4.78 is 13.3. The van der Waals surface area contributed by atoms with Gasteiger partial charge in [0.1, 0.15) is 5.82 Å². The lowest BCUT2D eigenvalue weighted by atomic mass is 9.89. The quantitative estimate of drug-likeness (QED) is 0.850. The summed E-state index contributed by atoms with van der Waals surface area (Å²) in [5.74, 6) is 1.32. The number of hydrogen-bond donors (Lipinski definition) is 2. The Bertz CT molecular complexity index is 738. The Morgan fingerprint density at radius 2 is 2.09 bits per heavy atom. The summed E-state index contributed by atoms with van der Waals surface area (Å²) in [7, 11) is 0. The van der Waals surface area contributed by atoms with Gasteiger partial charge in [0.15, 0.2) is 5.96 Å². The molecular weight excluding hydrogens is 279 g/mol. The van der Waals surface area contributed by atoms with Crippen molar-refractivity contribution < 1.29 is 4.39 Å². The minimum Gasteiger partial charge on any atom is -0.361 e. The average Bonchev–Trinajstić information content (AvgIpc) is 2.99. The fraction of sp³-hybridized carbons (Fsp3) is 0.353. The fourth-order valence-corrected chi connectivity index (χ4v) is 3.43. The number of guanidine groups is 1. The van der Waals surface area contributed by atoms with Crippen LogP contribution in [-0.4, -0.2) is 35.5 Å². The van der Waals surface area contributed by atoms with Gasteiger partial charge in [-0.3, -0.25) is 0 Å². The molecule has 5 heteroatoms. The molecule has 0 amide bonds. The molecule has 2 aromatic rings. The molecule has 22 heavy (non-hydrogen) atoms. The Balaban J connectivity index is 1.51. The molecule has 4 rings (SSSR count). The van der Waals surface area contributed by atoms with Crippen LogP contribution in [0.15, 0.2) is 41.7 Å². The topological polar surface area (TPSA) is 43.4 Å². The Labute approximate surface area is 128 Å². The Morgan fingerprint density at radius 3 is 2.86 bits per heavy atom. The maximum Gasteiger partial charge on any atom is 0.198 e. The zero-order valence-corrected chi connectivity index (χ0v) is 12.3. The van der Waals surface area contributed by atoms with E-state index in [4.69, 9.17) is 0 Å². The van der Waals surface area contributed by atoms with Crippen LogP contribution in [-0.2, 0) is 0 Å². The van der Waals surface area contributed by atoms with E-state index in [0.29, 0.717) is 5.92 Å². The van der Waals surface area contributed by atoms with E-state index in [2.05, 4.69) is 20.2 Å². The number of H-pyrrole nitrogens is 1. The summed E-state index contributed by atoms with van der Waals surface area (Å²) in [6.07, 6.45) is 8.11. The van der Waals surface area contributed by atoms with Crippen LogP contribution < -0.4 is 5.32 Å². The Hall–Kier alpha value is -2.30. The Kier molecular flexibility index (Phi) is 3.33. The van der Waals surface area contributed by atoms with Gasteiger partial charge >= 0.3 is 0 Å². The molecular formula is C17H19FN4. The van der Waals surface area contributed by atoms with Gasteiger partial charge in [-0.2, -0.15) is 0 Å². The van der Waals surface area contributed by atoms with Crippen molar-refractivity contribution in [2.75, 3.05) is 19.6 Å². The predicted molar refractivity (Wildman–Crippen MR) is 86.4 cm³/mol. The predicted octanol–water partition coefficient (Wildman–Crippen LogP) is 2.96. The highest BCUT2D eigenvalue weighted by Gasteiger charge is 2.24. The number of aromatic nitrogens is 1. The molecule has 2 N–H and O–H groups in total. The second-order valence-electron chi connectivity index (χ2n) is 5.91. The zero-order chi connectivity index (χ0) is 14.9. The number of rotatable bonds is 1. The number of likely N-dealkylation sites (tertiary alicyclic amines) is 1. The van der Waals surface area contributed by atoms with Crippen LogP contribution in [0.1, 0.15) is 24.3 Å². The summed E-state index contributed by atoms with van der Waals surface area (Å²) in [4.78, 5) is 9.92. The monoisotopic (exact) mass is 298 g/mol. The van der Waals surface area contributed by atoms with Crippen LogP contribution in [0.5, 0.6) is 0 Å². The van der Waals surface area contributed by atoms with Crippen LogP contribution in [0.3, 0.4) is 0 Å². The number of nitrogens with one attached hydrogen (secondary N) is 2. The first-order chi connectivity index (χ1) is 10.8. The first-order valence-electron chi connectivity index (χ1n) is 7.79. The number of fused-ring (bicyclic) bond motifs is 1. The number of nitrogens with zero attached hydrogens (tertiary/aromatic N) is 2. The number of halogens is 1. The van der Waals surface area contributed by atoms with E-state index < -0.39 is 0 Å². The van der Waals surface area contributed by atoms with Crippen molar-refractivity contribution in [2.45, 2.75) is 18.8 Å². The lowest BCUT2D eigenvalue weighted by Crippen LogP contribution is -2.45. The van der Waals surface area contributed by atoms with Crippen molar-refractivity contribution in [1.82, 2.24) is 15.2 Å². The standard InChI is InChI=1S/C17H19FN4/c18-13-2-3-14-15(11-21-16(14)10-13)12-4-8-22(9-5-12)17-19-6-1-7-20-17/h1-3,6,10-12,21H,4-5,7-9H2,(H,19,20). The first kappa shape index (κ1) is 13.4. The second kappa shape index (κ2) is 5.48. The molecule has 0 spiro atoms. The van der Waals surface area contributed by atoms with Crippen molar-refractivity contribution in [3.63, 3.8) is 0 Å². The molecule has 1 saturated heterocycles. The normalized spacial score (nSPS) is 19.3. The van der Waals surface area contributed by atoms with Gasteiger partial charge in [0.05, 0.1) is 0 Å². The molecule has 0 radical (unpaired) electrons. The first-order valence-corrected chi connectivity index (χ1v) is 7.79. The third-order valence-corrected chi connectivity index (χ3v) is 4.59. The van der Waals surface area contributed by atoms with E-state index in [9.17, 15) is 4.39 Å². The summed E-state index contributed by atoms with van der Waals surface area (Å²) >= 11 is 0. The highest BCUT2D eigenvalue weighted by atomic mass is 19.1. The maximum absolute atomic E-state index is 13.3. The second-order valence-corrected chi connectivity index (χ2v) is 5.91. The van der Waals surface area contributed by atoms with Crippen molar-refractivity contribution in [3.8, 4) is 0 Å². The zero-order valence-electron chi connectivity index (χ0n) is 12.3. The minimum absolute atomic E-state index is 0.190. The largest absolute Gasteiger partial charge is 0.361 e. The number of aromatic amines is 1. The molecule has 0 bridgehead atoms. The van der Waals surface area contributed by atoms with Gasteiger partial charge in [0, 0.05) is 42.9 Å². The van der Waals surface area contributed by atoms with E-state index in [1.54, 1.807) is 12.1 Å². The molecule has 0 saturated carbocycles. The molecule has 114 valence electrons. The van der Waals surface area contributed by atoms with Gasteiger partial charge in [0.25, 0.3) is 0 Å². The SMILES string of the molecule is Fc1ccc2c(C3CCN(C4=NC=CCN4)CC3)c[nH]c2c1. The van der Waals surface area contributed by atoms with Gasteiger partial charge in [-0.05, 0) is 48.6 Å². The minimum atomic E-state index is -0.190. The molecule has 0 aliphatic carbocycles. The van der Waals surface area contributed by atoms with Gasteiger partial charge < -0.3 is 15.2 Å². The third-order valence-electron chi connectivity index (χ3n) is 4.59. The molecule has 2 aliphatic heterocycles. The van der Waals surface area contributed by atoms with E-state index in [-0.39, 0.29) is 5.82 Å². The molecule has 2 aliphatic rings. The fourth-order valence-electron chi connectivity index (χ4n) is 3.43. The molecule has 3 heterocycles. The van der Waals surface area contributed by atoms with Crippen molar-refractivity contribution in [1.29, 1.82) is 0 Å². The molecule has 1 aromatic heterocycles. The molecule has 0 unspecified atom stereocenters. The highest BCUT2D eigenvalue weighted by Crippen LogP contribution is 2.33. The summed E-state index contributed by atoms with van der Waals surface area (Å²) in [5, 5.41) is 4.46. The van der Waals surface area contributed by atoms with Crippen LogP contribution >= 0.6 is 0 Å². The average molecular weight is 298 g/mol. The van der Waals surface area contributed by atoms with Crippen LogP contribution in [0.2, 0.25) is 0 Å².